The van der Waals surface area contributed by atoms with E-state index < -0.39 is 36.2 Å². The highest BCUT2D eigenvalue weighted by atomic mass is 32.2. The van der Waals surface area contributed by atoms with Crippen molar-refractivity contribution in [1.82, 2.24) is 4.90 Å². The summed E-state index contributed by atoms with van der Waals surface area (Å²) in [5.74, 6) is 0. The molecule has 26 heavy (non-hydrogen) atoms. The molecule has 1 rings (SSSR count). The maximum absolute atomic E-state index is 12.5. The van der Waals surface area contributed by atoms with Crippen LogP contribution in [-0.4, -0.2) is 64.9 Å². The van der Waals surface area contributed by atoms with Crippen molar-refractivity contribution in [3.8, 4) is 0 Å². The molecule has 0 saturated carbocycles. The summed E-state index contributed by atoms with van der Waals surface area (Å²) in [5.41, 5.74) is -0.627. The molecule has 0 spiro atoms. The molecule has 1 saturated heterocycles. The smallest absolute Gasteiger partial charge is 0.410 e. The molecule has 0 radical (unpaired) electrons. The summed E-state index contributed by atoms with van der Waals surface area (Å²) in [6.45, 7) is 16.6. The fourth-order valence-corrected chi connectivity index (χ4v) is 4.47. The Kier molecular flexibility index (Phi) is 6.99. The minimum absolute atomic E-state index is 0.00832. The van der Waals surface area contributed by atoms with Crippen molar-refractivity contribution >= 4 is 24.5 Å². The maximum Gasteiger partial charge on any atom is 0.410 e. The third-order valence-electron chi connectivity index (χ3n) is 4.60. The van der Waals surface area contributed by atoms with Gasteiger partial charge in [0.05, 0.1) is 25.0 Å². The van der Waals surface area contributed by atoms with Crippen LogP contribution < -0.4 is 0 Å². The van der Waals surface area contributed by atoms with Crippen LogP contribution in [0.15, 0.2) is 0 Å². The Morgan fingerprint density at radius 3 is 1.96 bits per heavy atom. The molecule has 7 nitrogen and oxygen atoms in total. The lowest BCUT2D eigenvalue weighted by Crippen LogP contribution is -2.55. The molecule has 0 aromatic carbocycles. The van der Waals surface area contributed by atoms with Crippen LogP contribution in [0.5, 0.6) is 0 Å². The Hall–Kier alpha value is -0.643. The highest BCUT2D eigenvalue weighted by molar-refractivity contribution is 7.86. The van der Waals surface area contributed by atoms with Gasteiger partial charge in [0.2, 0.25) is 0 Å². The third-order valence-corrected chi connectivity index (χ3v) is 9.76. The summed E-state index contributed by atoms with van der Waals surface area (Å²) in [4.78, 5) is 14.0. The lowest BCUT2D eigenvalue weighted by molar-refractivity contribution is -0.0188. The number of likely N-dealkylation sites (tertiary alicyclic amines) is 1. The lowest BCUT2D eigenvalue weighted by Gasteiger charge is -2.44. The number of nitrogens with zero attached hydrogens (tertiary/aromatic N) is 1. The van der Waals surface area contributed by atoms with E-state index in [1.54, 1.807) is 20.8 Å². The van der Waals surface area contributed by atoms with E-state index in [1.807, 2.05) is 0 Å². The number of amides is 1. The number of hydrogen-bond acceptors (Lipinski definition) is 6. The predicted molar refractivity (Wildman–Crippen MR) is 104 cm³/mol. The predicted octanol–water partition coefficient (Wildman–Crippen LogP) is 3.36. The van der Waals surface area contributed by atoms with Gasteiger partial charge in [-0.3, -0.25) is 4.18 Å². The van der Waals surface area contributed by atoms with Gasteiger partial charge in [0.1, 0.15) is 5.60 Å². The fraction of sp³-hybridized carbons (Fsp3) is 0.941. The maximum atomic E-state index is 12.5. The van der Waals surface area contributed by atoms with Crippen LogP contribution in [0, 0.1) is 0 Å². The van der Waals surface area contributed by atoms with Gasteiger partial charge in [-0.05, 0) is 38.9 Å². The van der Waals surface area contributed by atoms with Crippen molar-refractivity contribution in [1.29, 1.82) is 0 Å². The van der Waals surface area contributed by atoms with E-state index in [-0.39, 0.29) is 17.7 Å². The van der Waals surface area contributed by atoms with E-state index in [4.69, 9.17) is 13.3 Å². The molecule has 1 aliphatic heterocycles. The summed E-state index contributed by atoms with van der Waals surface area (Å²) >= 11 is 0. The van der Waals surface area contributed by atoms with Crippen LogP contribution in [0.3, 0.4) is 0 Å². The number of hydrogen-bond donors (Lipinski definition) is 0. The topological polar surface area (TPSA) is 82.1 Å². The molecule has 1 aliphatic rings. The second-order valence-electron chi connectivity index (χ2n) is 9.54. The minimum Gasteiger partial charge on any atom is -0.444 e. The number of carbonyl (C=O) groups is 1. The van der Waals surface area contributed by atoms with E-state index in [2.05, 4.69) is 33.9 Å². The quantitative estimate of drug-likeness (QED) is 0.523. The van der Waals surface area contributed by atoms with E-state index >= 15 is 0 Å². The van der Waals surface area contributed by atoms with Gasteiger partial charge in [-0.1, -0.05) is 20.8 Å². The SMILES string of the molecule is CC(C)(C)OC(=O)N1C[C@H](O[Si](C)(C)C(C)(C)C)C[C@H](OS(C)(=O)=O)C1. The zero-order chi connectivity index (χ0) is 20.6. The number of rotatable bonds is 4. The molecular weight excluding hydrogens is 374 g/mol. The molecule has 0 unspecified atom stereocenters. The van der Waals surface area contributed by atoms with Crippen molar-refractivity contribution in [3.05, 3.63) is 0 Å². The van der Waals surface area contributed by atoms with Crippen molar-refractivity contribution in [2.24, 2.45) is 0 Å². The zero-order valence-electron chi connectivity index (χ0n) is 17.6. The van der Waals surface area contributed by atoms with E-state index in [9.17, 15) is 13.2 Å². The molecule has 1 heterocycles. The second kappa shape index (κ2) is 7.77. The zero-order valence-corrected chi connectivity index (χ0v) is 19.4. The monoisotopic (exact) mass is 409 g/mol. The lowest BCUT2D eigenvalue weighted by atomic mass is 10.1. The Morgan fingerprint density at radius 1 is 1.04 bits per heavy atom. The molecule has 9 heteroatoms. The summed E-state index contributed by atoms with van der Waals surface area (Å²) in [7, 11) is -5.70. The molecule has 154 valence electrons. The molecule has 0 N–H and O–H groups in total. The average molecular weight is 410 g/mol. The van der Waals surface area contributed by atoms with Crippen molar-refractivity contribution in [2.45, 2.75) is 83.9 Å². The van der Waals surface area contributed by atoms with Gasteiger partial charge in [0.15, 0.2) is 8.32 Å². The highest BCUT2D eigenvalue weighted by Crippen LogP contribution is 2.38. The van der Waals surface area contributed by atoms with Gasteiger partial charge in [-0.2, -0.15) is 8.42 Å². The summed E-state index contributed by atoms with van der Waals surface area (Å²) in [6, 6.07) is 0. The Bertz CT molecular complexity index is 606. The van der Waals surface area contributed by atoms with Crippen LogP contribution in [0.4, 0.5) is 4.79 Å². The van der Waals surface area contributed by atoms with Crippen molar-refractivity contribution in [3.63, 3.8) is 0 Å². The Morgan fingerprint density at radius 2 is 1.54 bits per heavy atom. The third kappa shape index (κ3) is 7.54. The first-order chi connectivity index (χ1) is 11.4. The van der Waals surface area contributed by atoms with Crippen molar-refractivity contribution in [2.75, 3.05) is 19.3 Å². The minimum atomic E-state index is -3.63. The standard InChI is InChI=1S/C17H35NO6SSi/c1-16(2,3)22-15(19)18-11-13(23-25(7,20)21)10-14(12-18)24-26(8,9)17(4,5)6/h13-14H,10-12H2,1-9H3/t13-,14+/m0/s1. The summed E-state index contributed by atoms with van der Waals surface area (Å²) < 4.78 is 40.2. The van der Waals surface area contributed by atoms with Crippen LogP contribution >= 0.6 is 0 Å². The normalized spacial score (nSPS) is 23.0. The Labute approximate surface area is 159 Å². The van der Waals surface area contributed by atoms with Crippen molar-refractivity contribution < 1.29 is 26.6 Å². The first-order valence-electron chi connectivity index (χ1n) is 8.94. The molecule has 0 aromatic heterocycles. The molecule has 1 fully saturated rings. The van der Waals surface area contributed by atoms with Gasteiger partial charge in [-0.15, -0.1) is 0 Å². The van der Waals surface area contributed by atoms with E-state index in [0.717, 1.165) is 6.26 Å². The largest absolute Gasteiger partial charge is 0.444 e. The van der Waals surface area contributed by atoms with Gasteiger partial charge < -0.3 is 14.1 Å². The molecule has 0 aromatic rings. The highest BCUT2D eigenvalue weighted by Gasteiger charge is 2.42. The van der Waals surface area contributed by atoms with Crippen LogP contribution in [0.25, 0.3) is 0 Å². The molecule has 0 bridgehead atoms. The number of carbonyl (C=O) groups excluding carboxylic acids is 1. The first kappa shape index (κ1) is 23.4. The fourth-order valence-electron chi connectivity index (χ4n) is 2.48. The molecule has 0 aliphatic carbocycles. The number of piperidine rings is 1. The van der Waals surface area contributed by atoms with Gasteiger partial charge in [0, 0.05) is 13.0 Å². The molecular formula is C17H35NO6SSi. The average Bonchev–Trinajstić information content (AvgIpc) is 2.31. The van der Waals surface area contributed by atoms with Crippen LogP contribution in [-0.2, 0) is 23.5 Å². The van der Waals surface area contributed by atoms with Gasteiger partial charge in [-0.25, -0.2) is 4.79 Å². The first-order valence-corrected chi connectivity index (χ1v) is 13.7. The molecule has 1 amide bonds. The van der Waals surface area contributed by atoms with Gasteiger partial charge in [0.25, 0.3) is 10.1 Å². The van der Waals surface area contributed by atoms with E-state index in [0.29, 0.717) is 13.0 Å². The second-order valence-corrected chi connectivity index (χ2v) is 15.9. The Balaban J connectivity index is 2.98. The van der Waals surface area contributed by atoms with Crippen LogP contribution in [0.2, 0.25) is 18.1 Å². The summed E-state index contributed by atoms with van der Waals surface area (Å²) in [6.07, 6.45) is 0.0372. The van der Waals surface area contributed by atoms with Crippen LogP contribution in [0.1, 0.15) is 48.0 Å². The van der Waals surface area contributed by atoms with Gasteiger partial charge >= 0.3 is 6.09 Å². The van der Waals surface area contributed by atoms with E-state index in [1.165, 1.54) is 4.90 Å². The number of ether oxygens (including phenoxy) is 1. The molecule has 2 atom stereocenters. The summed E-state index contributed by atoms with van der Waals surface area (Å²) in [5, 5.41) is 0.00832.